The summed E-state index contributed by atoms with van der Waals surface area (Å²) in [5.41, 5.74) is 0.330. The van der Waals surface area contributed by atoms with Crippen molar-refractivity contribution in [3.05, 3.63) is 23.3 Å². The molecule has 4 nitrogen and oxygen atoms in total. The molecule has 0 unspecified atom stereocenters. The first-order chi connectivity index (χ1) is 10.0. The Bertz CT molecular complexity index is 508. The number of hydrogen-bond donors (Lipinski definition) is 1. The standard InChI is InChI=1S/C16H23FN2O2/c1-16(2,17)13-9-12(15-14(10-13)20-11-21-15)3-6-19-7-4-18-5-8-19/h9-10,18H,3-8,11H2,1-2H3. The molecule has 5 heteroatoms. The summed E-state index contributed by atoms with van der Waals surface area (Å²) in [6.07, 6.45) is 0.857. The second kappa shape index (κ2) is 5.81. The fraction of sp³-hybridized carbons (Fsp3) is 0.625. The summed E-state index contributed by atoms with van der Waals surface area (Å²) >= 11 is 0. The van der Waals surface area contributed by atoms with E-state index in [1.165, 1.54) is 0 Å². The lowest BCUT2D eigenvalue weighted by Crippen LogP contribution is -2.44. The Labute approximate surface area is 125 Å². The molecule has 0 aromatic heterocycles. The minimum absolute atomic E-state index is 0.228. The third kappa shape index (κ3) is 3.30. The Balaban J connectivity index is 1.78. The van der Waals surface area contributed by atoms with Gasteiger partial charge in [0.2, 0.25) is 6.79 Å². The average molecular weight is 294 g/mol. The Morgan fingerprint density at radius 1 is 1.24 bits per heavy atom. The third-order valence-corrected chi connectivity index (χ3v) is 4.14. The van der Waals surface area contributed by atoms with Crippen molar-refractivity contribution in [3.8, 4) is 11.5 Å². The van der Waals surface area contributed by atoms with Crippen molar-refractivity contribution in [1.29, 1.82) is 0 Å². The van der Waals surface area contributed by atoms with Gasteiger partial charge in [0.1, 0.15) is 5.67 Å². The van der Waals surface area contributed by atoms with E-state index in [1.54, 1.807) is 19.9 Å². The van der Waals surface area contributed by atoms with Crippen LogP contribution < -0.4 is 14.8 Å². The van der Waals surface area contributed by atoms with Gasteiger partial charge >= 0.3 is 0 Å². The third-order valence-electron chi connectivity index (χ3n) is 4.14. The molecule has 0 aliphatic carbocycles. The van der Waals surface area contributed by atoms with Crippen molar-refractivity contribution in [3.63, 3.8) is 0 Å². The van der Waals surface area contributed by atoms with Crippen LogP contribution in [0.3, 0.4) is 0 Å². The van der Waals surface area contributed by atoms with Gasteiger partial charge in [-0.3, -0.25) is 0 Å². The van der Waals surface area contributed by atoms with Crippen LogP contribution in [0.2, 0.25) is 0 Å². The van der Waals surface area contributed by atoms with Crippen molar-refractivity contribution >= 4 is 0 Å². The predicted octanol–water partition coefficient (Wildman–Crippen LogP) is 2.07. The van der Waals surface area contributed by atoms with Crippen LogP contribution in [-0.2, 0) is 12.1 Å². The molecule has 1 aromatic rings. The zero-order valence-electron chi connectivity index (χ0n) is 12.7. The second-order valence-electron chi connectivity index (χ2n) is 6.18. The molecule has 2 aliphatic rings. The molecular formula is C16H23FN2O2. The van der Waals surface area contributed by atoms with Gasteiger partial charge in [-0.2, -0.15) is 0 Å². The normalized spacial score (nSPS) is 19.0. The number of ether oxygens (including phenoxy) is 2. The maximum absolute atomic E-state index is 14.2. The molecule has 2 aliphatic heterocycles. The Kier molecular flexibility index (Phi) is 4.04. The highest BCUT2D eigenvalue weighted by molar-refractivity contribution is 5.52. The van der Waals surface area contributed by atoms with Crippen LogP contribution in [0.5, 0.6) is 11.5 Å². The molecule has 0 radical (unpaired) electrons. The van der Waals surface area contributed by atoms with Crippen molar-refractivity contribution in [2.24, 2.45) is 0 Å². The highest BCUT2D eigenvalue weighted by Gasteiger charge is 2.26. The Hall–Kier alpha value is -1.33. The fourth-order valence-electron chi connectivity index (χ4n) is 2.83. The summed E-state index contributed by atoms with van der Waals surface area (Å²) < 4.78 is 25.3. The van der Waals surface area contributed by atoms with Crippen LogP contribution in [0.4, 0.5) is 4.39 Å². The van der Waals surface area contributed by atoms with Gasteiger partial charge in [0.15, 0.2) is 11.5 Å². The molecule has 1 N–H and O–H groups in total. The first kappa shape index (κ1) is 14.6. The van der Waals surface area contributed by atoms with Crippen LogP contribution in [0.25, 0.3) is 0 Å². The van der Waals surface area contributed by atoms with Gasteiger partial charge in [-0.1, -0.05) is 0 Å². The minimum atomic E-state index is -1.37. The molecule has 3 rings (SSSR count). The van der Waals surface area contributed by atoms with E-state index in [-0.39, 0.29) is 6.79 Å². The molecular weight excluding hydrogens is 271 g/mol. The van der Waals surface area contributed by atoms with Gasteiger partial charge in [-0.25, -0.2) is 4.39 Å². The number of hydrogen-bond acceptors (Lipinski definition) is 4. The van der Waals surface area contributed by atoms with E-state index in [0.29, 0.717) is 11.3 Å². The Morgan fingerprint density at radius 3 is 2.71 bits per heavy atom. The van der Waals surface area contributed by atoms with Gasteiger partial charge in [-0.15, -0.1) is 0 Å². The van der Waals surface area contributed by atoms with E-state index in [1.807, 2.05) is 6.07 Å². The highest BCUT2D eigenvalue weighted by atomic mass is 19.1. The first-order valence-electron chi connectivity index (χ1n) is 7.59. The molecule has 0 atom stereocenters. The molecule has 1 fully saturated rings. The van der Waals surface area contributed by atoms with Crippen molar-refractivity contribution in [2.45, 2.75) is 25.9 Å². The number of nitrogens with zero attached hydrogens (tertiary/aromatic N) is 1. The van der Waals surface area contributed by atoms with Gasteiger partial charge in [0.05, 0.1) is 0 Å². The van der Waals surface area contributed by atoms with E-state index < -0.39 is 5.67 Å². The molecule has 21 heavy (non-hydrogen) atoms. The molecule has 0 amide bonds. The topological polar surface area (TPSA) is 33.7 Å². The molecule has 116 valence electrons. The van der Waals surface area contributed by atoms with Crippen molar-refractivity contribution in [1.82, 2.24) is 10.2 Å². The first-order valence-corrected chi connectivity index (χ1v) is 7.59. The fourth-order valence-corrected chi connectivity index (χ4v) is 2.83. The Morgan fingerprint density at radius 2 is 2.00 bits per heavy atom. The van der Waals surface area contributed by atoms with Crippen molar-refractivity contribution in [2.75, 3.05) is 39.5 Å². The van der Waals surface area contributed by atoms with Crippen LogP contribution in [0, 0.1) is 0 Å². The molecule has 2 heterocycles. The lowest BCUT2D eigenvalue weighted by molar-refractivity contribution is 0.172. The van der Waals surface area contributed by atoms with Gasteiger partial charge in [0.25, 0.3) is 0 Å². The monoisotopic (exact) mass is 294 g/mol. The maximum Gasteiger partial charge on any atom is 0.231 e. The number of fused-ring (bicyclic) bond motifs is 1. The van der Waals surface area contributed by atoms with Crippen LogP contribution in [0.15, 0.2) is 12.1 Å². The lowest BCUT2D eigenvalue weighted by Gasteiger charge is -2.27. The lowest BCUT2D eigenvalue weighted by atomic mass is 9.96. The minimum Gasteiger partial charge on any atom is -0.454 e. The summed E-state index contributed by atoms with van der Waals surface area (Å²) in [6, 6.07) is 3.69. The number of rotatable bonds is 4. The highest BCUT2D eigenvalue weighted by Crippen LogP contribution is 2.40. The van der Waals surface area contributed by atoms with E-state index >= 15 is 0 Å². The number of benzene rings is 1. The molecule has 0 spiro atoms. The van der Waals surface area contributed by atoms with E-state index in [0.717, 1.165) is 50.5 Å². The summed E-state index contributed by atoms with van der Waals surface area (Å²) in [7, 11) is 0. The zero-order valence-corrected chi connectivity index (χ0v) is 12.7. The van der Waals surface area contributed by atoms with Crippen LogP contribution >= 0.6 is 0 Å². The van der Waals surface area contributed by atoms with E-state index in [4.69, 9.17) is 9.47 Å². The number of alkyl halides is 1. The average Bonchev–Trinajstić information content (AvgIpc) is 2.93. The zero-order chi connectivity index (χ0) is 14.9. The summed E-state index contributed by atoms with van der Waals surface area (Å²) in [5.74, 6) is 1.46. The quantitative estimate of drug-likeness (QED) is 0.922. The maximum atomic E-state index is 14.2. The van der Waals surface area contributed by atoms with Crippen molar-refractivity contribution < 1.29 is 13.9 Å². The summed E-state index contributed by atoms with van der Waals surface area (Å²) in [5, 5.41) is 3.35. The summed E-state index contributed by atoms with van der Waals surface area (Å²) in [6.45, 7) is 8.54. The molecule has 1 saturated heterocycles. The predicted molar refractivity (Wildman–Crippen MR) is 79.7 cm³/mol. The second-order valence-corrected chi connectivity index (χ2v) is 6.18. The number of halogens is 1. The van der Waals surface area contributed by atoms with Crippen LogP contribution in [0.1, 0.15) is 25.0 Å². The number of nitrogens with one attached hydrogen (secondary N) is 1. The largest absolute Gasteiger partial charge is 0.454 e. The SMILES string of the molecule is CC(C)(F)c1cc(CCN2CCNCC2)c2c(c1)OCO2. The smallest absolute Gasteiger partial charge is 0.231 e. The van der Waals surface area contributed by atoms with Crippen LogP contribution in [-0.4, -0.2) is 44.4 Å². The van der Waals surface area contributed by atoms with E-state index in [9.17, 15) is 4.39 Å². The molecule has 0 bridgehead atoms. The summed E-state index contributed by atoms with van der Waals surface area (Å²) in [4.78, 5) is 2.42. The van der Waals surface area contributed by atoms with Gasteiger partial charge in [-0.05, 0) is 43.5 Å². The molecule has 1 aromatic carbocycles. The van der Waals surface area contributed by atoms with Gasteiger partial charge in [0, 0.05) is 32.7 Å². The number of piperazine rings is 1. The molecule has 0 saturated carbocycles. The van der Waals surface area contributed by atoms with Gasteiger partial charge < -0.3 is 19.7 Å². The van der Waals surface area contributed by atoms with E-state index in [2.05, 4.69) is 10.2 Å².